The molecule has 90 valence electrons. The number of likely N-dealkylation sites (N-methyl/N-ethyl adjacent to an activating group) is 1. The molecule has 0 aliphatic rings. The second kappa shape index (κ2) is 7.36. The first-order chi connectivity index (χ1) is 7.77. The highest BCUT2D eigenvalue weighted by Crippen LogP contribution is 2.13. The van der Waals surface area contributed by atoms with Crippen LogP contribution >= 0.6 is 0 Å². The summed E-state index contributed by atoms with van der Waals surface area (Å²) in [6.45, 7) is 7.08. The average Bonchev–Trinajstić information content (AvgIpc) is 2.35. The van der Waals surface area contributed by atoms with Crippen molar-refractivity contribution in [3.05, 3.63) is 30.1 Å². The maximum atomic E-state index is 10.1. The minimum absolute atomic E-state index is 0.403. The first-order valence-electron chi connectivity index (χ1n) is 6.08. The standard InChI is InChI=1S/C13H22N2O/c1-3-5-10-15(4-2)11-13(16)12-6-8-14-9-7-12/h6-9,13,16H,3-5,10-11H2,1-2H3. The topological polar surface area (TPSA) is 36.4 Å². The van der Waals surface area contributed by atoms with Gasteiger partial charge in [0.25, 0.3) is 0 Å². The van der Waals surface area contributed by atoms with Crippen molar-refractivity contribution < 1.29 is 5.11 Å². The van der Waals surface area contributed by atoms with Gasteiger partial charge >= 0.3 is 0 Å². The number of nitrogens with zero attached hydrogens (tertiary/aromatic N) is 2. The molecule has 0 spiro atoms. The third-order valence-electron chi connectivity index (χ3n) is 2.80. The van der Waals surface area contributed by atoms with Gasteiger partial charge in [0.2, 0.25) is 0 Å². The van der Waals surface area contributed by atoms with Gasteiger partial charge in [-0.25, -0.2) is 0 Å². The van der Waals surface area contributed by atoms with Crippen molar-refractivity contribution in [2.75, 3.05) is 19.6 Å². The molecule has 1 N–H and O–H groups in total. The summed E-state index contributed by atoms with van der Waals surface area (Å²) in [4.78, 5) is 6.24. The lowest BCUT2D eigenvalue weighted by atomic mass is 10.1. The minimum atomic E-state index is -0.403. The maximum absolute atomic E-state index is 10.1. The number of rotatable bonds is 7. The van der Waals surface area contributed by atoms with E-state index in [1.807, 2.05) is 12.1 Å². The Morgan fingerprint density at radius 2 is 2.00 bits per heavy atom. The first kappa shape index (κ1) is 13.1. The van der Waals surface area contributed by atoms with Gasteiger partial charge in [-0.1, -0.05) is 20.3 Å². The van der Waals surface area contributed by atoms with E-state index in [1.54, 1.807) is 12.4 Å². The van der Waals surface area contributed by atoms with Crippen LogP contribution in [0.2, 0.25) is 0 Å². The van der Waals surface area contributed by atoms with E-state index >= 15 is 0 Å². The number of hydrogen-bond acceptors (Lipinski definition) is 3. The van der Waals surface area contributed by atoms with Crippen molar-refractivity contribution in [1.82, 2.24) is 9.88 Å². The zero-order chi connectivity index (χ0) is 11.8. The molecular formula is C13H22N2O. The van der Waals surface area contributed by atoms with Crippen molar-refractivity contribution in [2.24, 2.45) is 0 Å². The highest BCUT2D eigenvalue weighted by atomic mass is 16.3. The molecule has 1 unspecified atom stereocenters. The molecule has 3 nitrogen and oxygen atoms in total. The van der Waals surface area contributed by atoms with Crippen LogP contribution in [0.1, 0.15) is 38.4 Å². The van der Waals surface area contributed by atoms with Gasteiger partial charge in [0, 0.05) is 18.9 Å². The lowest BCUT2D eigenvalue weighted by Gasteiger charge is -2.23. The Labute approximate surface area is 98.1 Å². The van der Waals surface area contributed by atoms with Gasteiger partial charge in [0.05, 0.1) is 6.10 Å². The second-order valence-electron chi connectivity index (χ2n) is 4.04. The minimum Gasteiger partial charge on any atom is -0.387 e. The van der Waals surface area contributed by atoms with E-state index in [-0.39, 0.29) is 0 Å². The van der Waals surface area contributed by atoms with Gasteiger partial charge in [-0.2, -0.15) is 0 Å². The van der Waals surface area contributed by atoms with Gasteiger partial charge < -0.3 is 10.0 Å². The van der Waals surface area contributed by atoms with Crippen molar-refractivity contribution in [2.45, 2.75) is 32.8 Å². The van der Waals surface area contributed by atoms with E-state index in [2.05, 4.69) is 23.7 Å². The lowest BCUT2D eigenvalue weighted by molar-refractivity contribution is 0.115. The monoisotopic (exact) mass is 222 g/mol. The summed E-state index contributed by atoms with van der Waals surface area (Å²) in [5.74, 6) is 0. The molecule has 0 saturated carbocycles. The third kappa shape index (κ3) is 4.29. The van der Waals surface area contributed by atoms with Crippen LogP contribution in [0.3, 0.4) is 0 Å². The third-order valence-corrected chi connectivity index (χ3v) is 2.80. The van der Waals surface area contributed by atoms with E-state index in [1.165, 1.54) is 12.8 Å². The van der Waals surface area contributed by atoms with Crippen molar-refractivity contribution >= 4 is 0 Å². The molecule has 1 rings (SSSR count). The van der Waals surface area contributed by atoms with E-state index in [9.17, 15) is 5.11 Å². The van der Waals surface area contributed by atoms with Crippen LogP contribution < -0.4 is 0 Å². The van der Waals surface area contributed by atoms with Crippen molar-refractivity contribution in [3.63, 3.8) is 0 Å². The zero-order valence-corrected chi connectivity index (χ0v) is 10.3. The molecule has 0 bridgehead atoms. The van der Waals surface area contributed by atoms with E-state index in [0.29, 0.717) is 6.54 Å². The average molecular weight is 222 g/mol. The summed E-state index contributed by atoms with van der Waals surface area (Å²) in [5, 5.41) is 10.1. The Hall–Kier alpha value is -0.930. The Bertz CT molecular complexity index is 277. The molecule has 0 amide bonds. The SMILES string of the molecule is CCCCN(CC)CC(O)c1ccncc1. The molecule has 0 radical (unpaired) electrons. The van der Waals surface area contributed by atoms with Gasteiger partial charge in [-0.3, -0.25) is 4.98 Å². The van der Waals surface area contributed by atoms with Crippen LogP contribution in [0.5, 0.6) is 0 Å². The van der Waals surface area contributed by atoms with Crippen molar-refractivity contribution in [3.8, 4) is 0 Å². The Morgan fingerprint density at radius 3 is 2.56 bits per heavy atom. The largest absolute Gasteiger partial charge is 0.387 e. The smallest absolute Gasteiger partial charge is 0.0918 e. The summed E-state index contributed by atoms with van der Waals surface area (Å²) in [6, 6.07) is 3.75. The summed E-state index contributed by atoms with van der Waals surface area (Å²) in [5.41, 5.74) is 0.949. The molecule has 1 aromatic rings. The molecule has 16 heavy (non-hydrogen) atoms. The molecule has 0 aliphatic carbocycles. The van der Waals surface area contributed by atoms with Gasteiger partial charge in [0.15, 0.2) is 0 Å². The molecular weight excluding hydrogens is 200 g/mol. The zero-order valence-electron chi connectivity index (χ0n) is 10.3. The maximum Gasteiger partial charge on any atom is 0.0918 e. The quantitative estimate of drug-likeness (QED) is 0.768. The Morgan fingerprint density at radius 1 is 1.31 bits per heavy atom. The summed E-state index contributed by atoms with van der Waals surface area (Å²) in [7, 11) is 0. The van der Waals surface area contributed by atoms with Crippen LogP contribution in [0, 0.1) is 0 Å². The fourth-order valence-electron chi connectivity index (χ4n) is 1.70. The number of hydrogen-bond donors (Lipinski definition) is 1. The van der Waals surface area contributed by atoms with Crippen LogP contribution in [-0.4, -0.2) is 34.6 Å². The molecule has 1 aromatic heterocycles. The fourth-order valence-corrected chi connectivity index (χ4v) is 1.70. The number of aliphatic hydroxyl groups excluding tert-OH is 1. The molecule has 0 aliphatic heterocycles. The van der Waals surface area contributed by atoms with Gasteiger partial charge in [-0.05, 0) is 37.2 Å². The molecule has 3 heteroatoms. The van der Waals surface area contributed by atoms with E-state index in [4.69, 9.17) is 0 Å². The first-order valence-corrected chi connectivity index (χ1v) is 6.08. The predicted molar refractivity (Wildman–Crippen MR) is 66.2 cm³/mol. The molecule has 1 heterocycles. The predicted octanol–water partition coefficient (Wildman–Crippen LogP) is 2.24. The molecule has 0 aromatic carbocycles. The molecule has 1 atom stereocenters. The second-order valence-corrected chi connectivity index (χ2v) is 4.04. The summed E-state index contributed by atoms with van der Waals surface area (Å²) < 4.78 is 0. The number of aromatic nitrogens is 1. The van der Waals surface area contributed by atoms with Crippen LogP contribution in [0.4, 0.5) is 0 Å². The summed E-state index contributed by atoms with van der Waals surface area (Å²) in [6.07, 6.45) is 5.43. The molecule has 0 fully saturated rings. The highest BCUT2D eigenvalue weighted by molar-refractivity contribution is 5.13. The Balaban J connectivity index is 2.45. The number of pyridine rings is 1. The lowest BCUT2D eigenvalue weighted by Crippen LogP contribution is -2.29. The van der Waals surface area contributed by atoms with Crippen LogP contribution in [0.15, 0.2) is 24.5 Å². The van der Waals surface area contributed by atoms with Crippen LogP contribution in [-0.2, 0) is 0 Å². The van der Waals surface area contributed by atoms with Gasteiger partial charge in [-0.15, -0.1) is 0 Å². The highest BCUT2D eigenvalue weighted by Gasteiger charge is 2.11. The van der Waals surface area contributed by atoms with Crippen LogP contribution in [0.25, 0.3) is 0 Å². The molecule has 0 saturated heterocycles. The normalized spacial score (nSPS) is 13.0. The summed E-state index contributed by atoms with van der Waals surface area (Å²) >= 11 is 0. The van der Waals surface area contributed by atoms with E-state index < -0.39 is 6.10 Å². The van der Waals surface area contributed by atoms with E-state index in [0.717, 1.165) is 18.7 Å². The van der Waals surface area contributed by atoms with Gasteiger partial charge in [0.1, 0.15) is 0 Å². The van der Waals surface area contributed by atoms with Crippen molar-refractivity contribution in [1.29, 1.82) is 0 Å². The fraction of sp³-hybridized carbons (Fsp3) is 0.615. The number of aliphatic hydroxyl groups is 1. The Kier molecular flexibility index (Phi) is 6.04. The number of unbranched alkanes of at least 4 members (excludes halogenated alkanes) is 1.